The lowest BCUT2D eigenvalue weighted by molar-refractivity contribution is 0.545. The summed E-state index contributed by atoms with van der Waals surface area (Å²) in [5, 5.41) is 3.33. The highest BCUT2D eigenvalue weighted by molar-refractivity contribution is 9.10. The molecule has 2 rings (SSSR count). The smallest absolute Gasteiger partial charge is 0.129 e. The Hall–Kier alpha value is -0.130. The zero-order valence-corrected chi connectivity index (χ0v) is 14.6. The van der Waals surface area contributed by atoms with Gasteiger partial charge in [0.05, 0.1) is 14.7 Å². The quantitative estimate of drug-likeness (QED) is 0.648. The second-order valence-corrected chi connectivity index (χ2v) is 7.44. The SMILES string of the molecule is CCCNC(c1cc(Cl)sc1Cl)c1c(F)cccc1Br. The number of halogens is 4. The van der Waals surface area contributed by atoms with Crippen LogP contribution in [0.2, 0.25) is 8.67 Å². The second-order valence-electron chi connectivity index (χ2n) is 4.30. The summed E-state index contributed by atoms with van der Waals surface area (Å²) in [4.78, 5) is 0. The van der Waals surface area contributed by atoms with E-state index in [1.807, 2.05) is 6.07 Å². The molecule has 2 aromatic rings. The topological polar surface area (TPSA) is 12.0 Å². The van der Waals surface area contributed by atoms with Gasteiger partial charge >= 0.3 is 0 Å². The molecule has 1 N–H and O–H groups in total. The third kappa shape index (κ3) is 3.55. The molecule has 0 aliphatic heterocycles. The van der Waals surface area contributed by atoms with E-state index < -0.39 is 0 Å². The maximum absolute atomic E-state index is 14.2. The van der Waals surface area contributed by atoms with Crippen LogP contribution < -0.4 is 5.32 Å². The number of thiophene rings is 1. The largest absolute Gasteiger partial charge is 0.306 e. The van der Waals surface area contributed by atoms with Crippen molar-refractivity contribution in [2.45, 2.75) is 19.4 Å². The average molecular weight is 397 g/mol. The van der Waals surface area contributed by atoms with E-state index in [-0.39, 0.29) is 11.9 Å². The van der Waals surface area contributed by atoms with E-state index in [1.54, 1.807) is 12.1 Å². The molecule has 108 valence electrons. The number of rotatable bonds is 5. The van der Waals surface area contributed by atoms with E-state index in [9.17, 15) is 4.39 Å². The minimum atomic E-state index is -0.318. The van der Waals surface area contributed by atoms with Crippen LogP contribution in [0.5, 0.6) is 0 Å². The maximum atomic E-state index is 14.2. The predicted octanol–water partition coefficient (Wildman–Crippen LogP) is 6.05. The van der Waals surface area contributed by atoms with Crippen molar-refractivity contribution in [3.63, 3.8) is 0 Å². The predicted molar refractivity (Wildman–Crippen MR) is 88.6 cm³/mol. The number of benzene rings is 1. The van der Waals surface area contributed by atoms with Crippen LogP contribution >= 0.6 is 50.5 Å². The number of hydrogen-bond acceptors (Lipinski definition) is 2. The van der Waals surface area contributed by atoms with Gasteiger partial charge in [0, 0.05) is 15.6 Å². The molecule has 0 saturated carbocycles. The van der Waals surface area contributed by atoms with Crippen molar-refractivity contribution in [3.8, 4) is 0 Å². The van der Waals surface area contributed by atoms with Gasteiger partial charge in [-0.25, -0.2) is 4.39 Å². The van der Waals surface area contributed by atoms with Crippen molar-refractivity contribution >= 4 is 50.5 Å². The Kier molecular flexibility index (Phi) is 5.87. The van der Waals surface area contributed by atoms with Gasteiger partial charge in [-0.15, -0.1) is 11.3 Å². The molecule has 20 heavy (non-hydrogen) atoms. The molecule has 1 aromatic heterocycles. The molecule has 1 heterocycles. The van der Waals surface area contributed by atoms with E-state index in [2.05, 4.69) is 28.2 Å². The van der Waals surface area contributed by atoms with Crippen LogP contribution in [0.1, 0.15) is 30.5 Å². The fraction of sp³-hybridized carbons (Fsp3) is 0.286. The summed E-state index contributed by atoms with van der Waals surface area (Å²) in [6.45, 7) is 2.82. The summed E-state index contributed by atoms with van der Waals surface area (Å²) in [5.74, 6) is -0.272. The van der Waals surface area contributed by atoms with Gasteiger partial charge in [0.15, 0.2) is 0 Å². The van der Waals surface area contributed by atoms with E-state index in [4.69, 9.17) is 23.2 Å². The van der Waals surface area contributed by atoms with Crippen molar-refractivity contribution < 1.29 is 4.39 Å². The fourth-order valence-corrected chi connectivity index (χ4v) is 4.10. The highest BCUT2D eigenvalue weighted by Gasteiger charge is 2.23. The van der Waals surface area contributed by atoms with Gasteiger partial charge in [0.25, 0.3) is 0 Å². The van der Waals surface area contributed by atoms with Gasteiger partial charge in [-0.3, -0.25) is 0 Å². The van der Waals surface area contributed by atoms with Crippen LogP contribution in [0.4, 0.5) is 4.39 Å². The van der Waals surface area contributed by atoms with Crippen molar-refractivity contribution in [2.75, 3.05) is 6.54 Å². The van der Waals surface area contributed by atoms with Crippen LogP contribution in [0, 0.1) is 5.82 Å². The minimum absolute atomic E-state index is 0.272. The summed E-state index contributed by atoms with van der Waals surface area (Å²) in [5.41, 5.74) is 1.36. The molecule has 6 heteroatoms. The molecule has 0 aliphatic rings. The van der Waals surface area contributed by atoms with Crippen LogP contribution in [0.25, 0.3) is 0 Å². The fourth-order valence-electron chi connectivity index (χ4n) is 1.99. The molecule has 0 amide bonds. The maximum Gasteiger partial charge on any atom is 0.129 e. The van der Waals surface area contributed by atoms with E-state index in [0.717, 1.165) is 18.5 Å². The Morgan fingerprint density at radius 3 is 2.70 bits per heavy atom. The molecular weight excluding hydrogens is 384 g/mol. The molecule has 0 radical (unpaired) electrons. The Bertz CT molecular complexity index is 583. The Balaban J connectivity index is 2.50. The molecule has 0 fully saturated rings. The van der Waals surface area contributed by atoms with Crippen LogP contribution in [-0.4, -0.2) is 6.54 Å². The average Bonchev–Trinajstić information content (AvgIpc) is 2.72. The highest BCUT2D eigenvalue weighted by atomic mass is 79.9. The van der Waals surface area contributed by atoms with E-state index >= 15 is 0 Å². The molecular formula is C14H13BrCl2FNS. The van der Waals surface area contributed by atoms with Gasteiger partial charge in [0.1, 0.15) is 5.82 Å². The molecule has 0 saturated heterocycles. The minimum Gasteiger partial charge on any atom is -0.306 e. The number of hydrogen-bond donors (Lipinski definition) is 1. The molecule has 0 aliphatic carbocycles. The van der Waals surface area contributed by atoms with E-state index in [0.29, 0.717) is 18.7 Å². The highest BCUT2D eigenvalue weighted by Crippen LogP contribution is 2.40. The van der Waals surface area contributed by atoms with Crippen LogP contribution in [0.15, 0.2) is 28.7 Å². The third-order valence-corrected chi connectivity index (χ3v) is 5.09. The third-order valence-electron chi connectivity index (χ3n) is 2.88. The van der Waals surface area contributed by atoms with E-state index in [1.165, 1.54) is 17.4 Å². The first kappa shape index (κ1) is 16.2. The summed E-state index contributed by atoms with van der Waals surface area (Å²) < 4.78 is 16.1. The first-order valence-corrected chi connectivity index (χ1v) is 8.53. The summed E-state index contributed by atoms with van der Waals surface area (Å²) in [6.07, 6.45) is 0.943. The van der Waals surface area contributed by atoms with Gasteiger partial charge in [-0.1, -0.05) is 52.1 Å². The first-order valence-electron chi connectivity index (χ1n) is 6.16. The standard InChI is InChI=1S/C14H13BrCl2FNS/c1-2-6-19-13(8-7-11(16)20-14(8)17)12-9(15)4-3-5-10(12)18/h3-5,7,13,19H,2,6H2,1H3. The zero-order chi connectivity index (χ0) is 14.7. The normalized spacial score (nSPS) is 12.7. The Labute approximate surface area is 140 Å². The Morgan fingerprint density at radius 2 is 2.15 bits per heavy atom. The summed E-state index contributed by atoms with van der Waals surface area (Å²) >= 11 is 16.9. The van der Waals surface area contributed by atoms with Crippen molar-refractivity contribution in [2.24, 2.45) is 0 Å². The van der Waals surface area contributed by atoms with Gasteiger partial charge in [0.2, 0.25) is 0 Å². The number of nitrogens with one attached hydrogen (secondary N) is 1. The van der Waals surface area contributed by atoms with Crippen molar-refractivity contribution in [1.29, 1.82) is 0 Å². The second kappa shape index (κ2) is 7.23. The lowest BCUT2D eigenvalue weighted by Crippen LogP contribution is -2.24. The van der Waals surface area contributed by atoms with Gasteiger partial charge in [-0.2, -0.15) is 0 Å². The summed E-state index contributed by atoms with van der Waals surface area (Å²) in [6, 6.07) is 6.41. The molecule has 1 aromatic carbocycles. The van der Waals surface area contributed by atoms with Gasteiger partial charge in [-0.05, 0) is 31.2 Å². The van der Waals surface area contributed by atoms with Crippen molar-refractivity contribution in [1.82, 2.24) is 5.32 Å². The molecule has 0 spiro atoms. The zero-order valence-electron chi connectivity index (χ0n) is 10.7. The van der Waals surface area contributed by atoms with Crippen molar-refractivity contribution in [3.05, 3.63) is 54.4 Å². The van der Waals surface area contributed by atoms with Crippen LogP contribution in [0.3, 0.4) is 0 Å². The molecule has 0 bridgehead atoms. The first-order chi connectivity index (χ1) is 9.54. The lowest BCUT2D eigenvalue weighted by atomic mass is 10.0. The Morgan fingerprint density at radius 1 is 1.40 bits per heavy atom. The van der Waals surface area contributed by atoms with Crippen LogP contribution in [-0.2, 0) is 0 Å². The lowest BCUT2D eigenvalue weighted by Gasteiger charge is -2.20. The molecule has 1 atom stereocenters. The summed E-state index contributed by atoms with van der Waals surface area (Å²) in [7, 11) is 0. The monoisotopic (exact) mass is 395 g/mol. The van der Waals surface area contributed by atoms with Gasteiger partial charge < -0.3 is 5.32 Å². The molecule has 1 unspecified atom stereocenters. The molecule has 1 nitrogen and oxygen atoms in total.